The lowest BCUT2D eigenvalue weighted by Gasteiger charge is -2.13. The van der Waals surface area contributed by atoms with Crippen molar-refractivity contribution in [3.8, 4) is 5.75 Å². The largest absolute Gasteiger partial charge is 0.494 e. The minimum absolute atomic E-state index is 0.362. The molecule has 1 rings (SSSR count). The molecule has 0 saturated carbocycles. The Morgan fingerprint density at radius 2 is 2.25 bits per heavy atom. The van der Waals surface area contributed by atoms with Gasteiger partial charge in [-0.1, -0.05) is 11.6 Å². The summed E-state index contributed by atoms with van der Waals surface area (Å²) in [5.74, 6) is -0.552. The smallest absolute Gasteiger partial charge is 0.325 e. The minimum atomic E-state index is -1.09. The molecule has 0 spiro atoms. The summed E-state index contributed by atoms with van der Waals surface area (Å²) in [5, 5.41) is 9.17. The molecule has 6 heteroatoms. The fourth-order valence-corrected chi connectivity index (χ4v) is 2.25. The van der Waals surface area contributed by atoms with E-state index in [9.17, 15) is 4.79 Å². The maximum atomic E-state index is 10.8. The lowest BCUT2D eigenvalue weighted by atomic mass is 10.1. The molecule has 0 aliphatic heterocycles. The van der Waals surface area contributed by atoms with E-state index < -0.39 is 12.0 Å². The fraction of sp³-hybridized carbons (Fsp3) is 0.300. The normalized spacial score (nSPS) is 12.2. The Labute approximate surface area is 103 Å². The molecule has 0 aromatic heterocycles. The van der Waals surface area contributed by atoms with Crippen molar-refractivity contribution >= 4 is 29.3 Å². The van der Waals surface area contributed by atoms with Gasteiger partial charge in [-0.15, -0.1) is 11.8 Å². The third-order valence-corrected chi connectivity index (χ3v) is 3.10. The van der Waals surface area contributed by atoms with E-state index >= 15 is 0 Å². The number of aliphatic carboxylic acids is 1. The molecular weight excluding hydrogens is 250 g/mol. The third kappa shape index (κ3) is 2.61. The van der Waals surface area contributed by atoms with Crippen LogP contribution in [0.25, 0.3) is 0 Å². The molecule has 1 unspecified atom stereocenters. The van der Waals surface area contributed by atoms with E-state index in [4.69, 9.17) is 27.2 Å². The predicted octanol–water partition coefficient (Wildman–Crippen LogP) is 2.15. The Hall–Kier alpha value is -0.910. The highest BCUT2D eigenvalue weighted by molar-refractivity contribution is 7.98. The molecule has 0 saturated heterocycles. The zero-order valence-electron chi connectivity index (χ0n) is 8.86. The quantitative estimate of drug-likeness (QED) is 0.813. The summed E-state index contributed by atoms with van der Waals surface area (Å²) in [6.45, 7) is 0. The molecule has 88 valence electrons. The first kappa shape index (κ1) is 13.2. The molecule has 1 aromatic carbocycles. The number of carboxylic acid groups (broad SMARTS) is 1. The van der Waals surface area contributed by atoms with Crippen molar-refractivity contribution in [1.29, 1.82) is 0 Å². The van der Waals surface area contributed by atoms with E-state index in [0.29, 0.717) is 16.3 Å². The van der Waals surface area contributed by atoms with E-state index in [1.807, 2.05) is 6.26 Å². The topological polar surface area (TPSA) is 72.5 Å². The van der Waals surface area contributed by atoms with Crippen LogP contribution in [0.4, 0.5) is 0 Å². The second-order valence-corrected chi connectivity index (χ2v) is 4.31. The van der Waals surface area contributed by atoms with E-state index in [1.165, 1.54) is 24.9 Å². The van der Waals surface area contributed by atoms with Gasteiger partial charge in [-0.2, -0.15) is 0 Å². The molecule has 0 fully saturated rings. The maximum Gasteiger partial charge on any atom is 0.325 e. The molecule has 0 aliphatic rings. The molecule has 0 bridgehead atoms. The lowest BCUT2D eigenvalue weighted by molar-refractivity contribution is -0.138. The summed E-state index contributed by atoms with van der Waals surface area (Å²) in [6, 6.07) is 2.11. The van der Waals surface area contributed by atoms with Crippen LogP contribution in [0.3, 0.4) is 0 Å². The number of hydrogen-bond acceptors (Lipinski definition) is 4. The molecule has 0 aliphatic carbocycles. The molecule has 3 N–H and O–H groups in total. The number of carbonyl (C=O) groups is 1. The van der Waals surface area contributed by atoms with E-state index in [-0.39, 0.29) is 0 Å². The van der Waals surface area contributed by atoms with Crippen LogP contribution in [0.15, 0.2) is 17.0 Å². The van der Waals surface area contributed by atoms with Gasteiger partial charge in [-0.25, -0.2) is 0 Å². The average Bonchev–Trinajstić information content (AvgIpc) is 2.26. The van der Waals surface area contributed by atoms with Gasteiger partial charge < -0.3 is 15.6 Å². The standard InChI is InChI=1S/C10H12ClNO3S/c1-15-9-6(11)3-5(4-7(9)16-2)8(12)10(13)14/h3-4,8H,12H2,1-2H3,(H,13,14). The average molecular weight is 262 g/mol. The van der Waals surface area contributed by atoms with Gasteiger partial charge in [0.2, 0.25) is 0 Å². The number of benzene rings is 1. The Balaban J connectivity index is 3.25. The summed E-state index contributed by atoms with van der Waals surface area (Å²) in [6.07, 6.45) is 1.85. The lowest BCUT2D eigenvalue weighted by Crippen LogP contribution is -2.20. The van der Waals surface area contributed by atoms with Gasteiger partial charge in [0.15, 0.2) is 5.75 Å². The molecule has 1 atom stereocenters. The predicted molar refractivity (Wildman–Crippen MR) is 64.3 cm³/mol. The van der Waals surface area contributed by atoms with Crippen molar-refractivity contribution in [2.45, 2.75) is 10.9 Å². The Morgan fingerprint density at radius 1 is 1.62 bits per heavy atom. The van der Waals surface area contributed by atoms with Crippen LogP contribution in [-0.2, 0) is 4.79 Å². The number of methoxy groups -OCH3 is 1. The number of rotatable bonds is 4. The molecule has 0 heterocycles. The van der Waals surface area contributed by atoms with Gasteiger partial charge in [-0.05, 0) is 24.0 Å². The molecule has 0 amide bonds. The molecule has 0 radical (unpaired) electrons. The van der Waals surface area contributed by atoms with Crippen molar-refractivity contribution in [2.24, 2.45) is 5.73 Å². The van der Waals surface area contributed by atoms with Gasteiger partial charge in [0.1, 0.15) is 6.04 Å². The van der Waals surface area contributed by atoms with Crippen molar-refractivity contribution in [3.05, 3.63) is 22.7 Å². The van der Waals surface area contributed by atoms with Gasteiger partial charge >= 0.3 is 5.97 Å². The molecule has 1 aromatic rings. The maximum absolute atomic E-state index is 10.8. The van der Waals surface area contributed by atoms with Crippen LogP contribution in [0, 0.1) is 0 Å². The van der Waals surface area contributed by atoms with Gasteiger partial charge in [0.05, 0.1) is 17.0 Å². The van der Waals surface area contributed by atoms with Crippen LogP contribution < -0.4 is 10.5 Å². The number of hydrogen-bond donors (Lipinski definition) is 2. The SMILES string of the molecule is COc1c(Cl)cc(C(N)C(=O)O)cc1SC. The Bertz CT molecular complexity index is 411. The number of nitrogens with two attached hydrogens (primary N) is 1. The first-order valence-electron chi connectivity index (χ1n) is 4.41. The fourth-order valence-electron chi connectivity index (χ4n) is 1.26. The zero-order chi connectivity index (χ0) is 12.3. The Morgan fingerprint density at radius 3 is 2.69 bits per heavy atom. The first-order valence-corrected chi connectivity index (χ1v) is 6.01. The van der Waals surface area contributed by atoms with Crippen molar-refractivity contribution < 1.29 is 14.6 Å². The van der Waals surface area contributed by atoms with Crippen molar-refractivity contribution in [3.63, 3.8) is 0 Å². The second kappa shape index (κ2) is 5.43. The monoisotopic (exact) mass is 261 g/mol. The minimum Gasteiger partial charge on any atom is -0.494 e. The highest BCUT2D eigenvalue weighted by Gasteiger charge is 2.18. The number of ether oxygens (including phenoxy) is 1. The summed E-state index contributed by atoms with van der Waals surface area (Å²) < 4.78 is 5.12. The van der Waals surface area contributed by atoms with E-state index in [2.05, 4.69) is 0 Å². The zero-order valence-corrected chi connectivity index (χ0v) is 10.4. The summed E-state index contributed by atoms with van der Waals surface area (Å²) in [4.78, 5) is 11.5. The van der Waals surface area contributed by atoms with Crippen LogP contribution >= 0.6 is 23.4 Å². The van der Waals surface area contributed by atoms with Gasteiger partial charge in [0.25, 0.3) is 0 Å². The van der Waals surface area contributed by atoms with Crippen LogP contribution in [0.2, 0.25) is 5.02 Å². The summed E-state index contributed by atoms with van der Waals surface area (Å²) in [7, 11) is 1.51. The molecular formula is C10H12ClNO3S. The van der Waals surface area contributed by atoms with E-state index in [1.54, 1.807) is 6.07 Å². The Kier molecular flexibility index (Phi) is 4.46. The highest BCUT2D eigenvalue weighted by atomic mass is 35.5. The first-order chi connectivity index (χ1) is 7.51. The van der Waals surface area contributed by atoms with Crippen molar-refractivity contribution in [1.82, 2.24) is 0 Å². The molecule has 16 heavy (non-hydrogen) atoms. The van der Waals surface area contributed by atoms with Crippen LogP contribution in [0.1, 0.15) is 11.6 Å². The van der Waals surface area contributed by atoms with Crippen molar-refractivity contribution in [2.75, 3.05) is 13.4 Å². The highest BCUT2D eigenvalue weighted by Crippen LogP contribution is 2.36. The second-order valence-electron chi connectivity index (χ2n) is 3.05. The van der Waals surface area contributed by atoms with Crippen LogP contribution in [-0.4, -0.2) is 24.4 Å². The number of halogens is 1. The summed E-state index contributed by atoms with van der Waals surface area (Å²) >= 11 is 7.39. The van der Waals surface area contributed by atoms with Gasteiger partial charge in [0, 0.05) is 0 Å². The van der Waals surface area contributed by atoms with E-state index in [0.717, 1.165) is 4.90 Å². The third-order valence-electron chi connectivity index (χ3n) is 2.08. The summed E-state index contributed by atoms with van der Waals surface area (Å²) in [5.41, 5.74) is 5.97. The van der Waals surface area contributed by atoms with Crippen LogP contribution in [0.5, 0.6) is 5.75 Å². The number of carboxylic acids is 1. The number of thioether (sulfide) groups is 1. The van der Waals surface area contributed by atoms with Gasteiger partial charge in [-0.3, -0.25) is 4.79 Å². The molecule has 4 nitrogen and oxygen atoms in total.